The zero-order chi connectivity index (χ0) is 29.0. The van der Waals surface area contributed by atoms with Gasteiger partial charge in [0.2, 0.25) is 0 Å². The molecule has 5 rings (SSSR count). The Morgan fingerprint density at radius 2 is 1.83 bits per heavy atom. The van der Waals surface area contributed by atoms with E-state index in [0.29, 0.717) is 49.3 Å². The van der Waals surface area contributed by atoms with E-state index in [1.54, 1.807) is 60.7 Å². The second kappa shape index (κ2) is 12.4. The number of aromatic nitrogens is 2. The van der Waals surface area contributed by atoms with Gasteiger partial charge in [-0.25, -0.2) is 27.9 Å². The van der Waals surface area contributed by atoms with Crippen LogP contribution in [0, 0.1) is 11.6 Å². The summed E-state index contributed by atoms with van der Waals surface area (Å²) in [4.78, 5) is 27.9. The largest absolute Gasteiger partial charge is 0.393 e. The van der Waals surface area contributed by atoms with Crippen molar-refractivity contribution in [2.45, 2.75) is 43.4 Å². The second-order valence-electron chi connectivity index (χ2n) is 10.7. The summed E-state index contributed by atoms with van der Waals surface area (Å²) in [7, 11) is 1.71. The normalized spacial score (nSPS) is 23.2. The minimum absolute atomic E-state index is 0.0176. The van der Waals surface area contributed by atoms with Gasteiger partial charge >= 0.3 is 6.03 Å². The van der Waals surface area contributed by atoms with Crippen molar-refractivity contribution >= 4 is 11.6 Å². The molecule has 2 aliphatic rings. The molecule has 0 aliphatic carbocycles. The molecular formula is C31H34F3N5O2. The van der Waals surface area contributed by atoms with Crippen molar-refractivity contribution in [3.05, 3.63) is 102 Å². The summed E-state index contributed by atoms with van der Waals surface area (Å²) in [5.74, 6) is -0.585. The van der Waals surface area contributed by atoms with Gasteiger partial charge in [0.05, 0.1) is 13.2 Å². The third-order valence-electron chi connectivity index (χ3n) is 8.33. The summed E-state index contributed by atoms with van der Waals surface area (Å²) in [6.07, 6.45) is 6.73. The lowest BCUT2D eigenvalue weighted by molar-refractivity contribution is 0.0776. The first-order valence-electron chi connectivity index (χ1n) is 13.8. The van der Waals surface area contributed by atoms with E-state index in [1.807, 2.05) is 11.0 Å². The summed E-state index contributed by atoms with van der Waals surface area (Å²) in [5, 5.41) is 10.8. The number of halogens is 3. The Balaban J connectivity index is 1.41. The monoisotopic (exact) mass is 565 g/mol. The van der Waals surface area contributed by atoms with Crippen LogP contribution in [0.25, 0.3) is 5.57 Å². The summed E-state index contributed by atoms with van der Waals surface area (Å²) in [5.41, 5.74) is -0.155. The average Bonchev–Trinajstić information content (AvgIpc) is 3.29. The summed E-state index contributed by atoms with van der Waals surface area (Å²) < 4.78 is 43.0. The van der Waals surface area contributed by atoms with Gasteiger partial charge in [-0.15, -0.1) is 0 Å². The van der Waals surface area contributed by atoms with E-state index in [2.05, 4.69) is 9.97 Å². The first-order valence-corrected chi connectivity index (χ1v) is 13.8. The molecule has 2 aromatic carbocycles. The van der Waals surface area contributed by atoms with Crippen LogP contribution in [0.2, 0.25) is 0 Å². The number of benzene rings is 2. The van der Waals surface area contributed by atoms with Crippen molar-refractivity contribution in [2.75, 3.05) is 33.4 Å². The van der Waals surface area contributed by atoms with Gasteiger partial charge in [-0.1, -0.05) is 30.3 Å². The number of rotatable bonds is 7. The van der Waals surface area contributed by atoms with Gasteiger partial charge in [0.1, 0.15) is 29.7 Å². The van der Waals surface area contributed by atoms with Crippen LogP contribution in [0.5, 0.6) is 0 Å². The zero-order valence-corrected chi connectivity index (χ0v) is 23.0. The average molecular weight is 566 g/mol. The first kappa shape index (κ1) is 28.8. The lowest BCUT2D eigenvalue weighted by Crippen LogP contribution is -2.54. The molecule has 2 unspecified atom stereocenters. The predicted molar refractivity (Wildman–Crippen MR) is 149 cm³/mol. The summed E-state index contributed by atoms with van der Waals surface area (Å²) >= 11 is 0. The van der Waals surface area contributed by atoms with Crippen LogP contribution in [0.4, 0.5) is 18.0 Å². The fourth-order valence-electron chi connectivity index (χ4n) is 5.98. The Labute approximate surface area is 237 Å². The van der Waals surface area contributed by atoms with Gasteiger partial charge in [-0.2, -0.15) is 0 Å². The van der Waals surface area contributed by atoms with Gasteiger partial charge in [0.25, 0.3) is 0 Å². The van der Waals surface area contributed by atoms with Crippen LogP contribution < -0.4 is 0 Å². The van der Waals surface area contributed by atoms with Gasteiger partial charge < -0.3 is 14.9 Å². The lowest BCUT2D eigenvalue weighted by Gasteiger charge is -2.41. The molecule has 216 valence electrons. The molecule has 0 bridgehead atoms. The van der Waals surface area contributed by atoms with Crippen LogP contribution in [-0.2, 0) is 12.1 Å². The van der Waals surface area contributed by atoms with Gasteiger partial charge in [-0.05, 0) is 60.7 Å². The Morgan fingerprint density at radius 1 is 1.07 bits per heavy atom. The number of carbonyl (C=O) groups is 1. The highest BCUT2D eigenvalue weighted by Crippen LogP contribution is 2.41. The molecule has 10 heteroatoms. The molecule has 0 saturated carbocycles. The molecule has 3 heterocycles. The molecule has 41 heavy (non-hydrogen) atoms. The standard InChI is InChI=1S/C31H34F3N5O2/c1-37(25-9-10-26(18-32)38(15-12-25)20-29-35-13-5-14-36-29)30(41)39-19-22(27-16-24(33)8-11-28(27)34)17-31(39,21-40)23-6-3-2-4-7-23/h2-8,11,13-14,16-17,25-26,40H,9-10,12,15,18-21H2,1H3/t25?,26?,31-/m1/s1. The van der Waals surface area contributed by atoms with Crippen LogP contribution in [-0.4, -0.2) is 81.3 Å². The highest BCUT2D eigenvalue weighted by atomic mass is 19.1. The number of carbonyl (C=O) groups excluding carboxylic acids is 1. The maximum atomic E-state index is 14.8. The number of hydrogen-bond donors (Lipinski definition) is 1. The number of likely N-dealkylation sites (tertiary alicyclic amines) is 1. The number of aliphatic hydroxyl groups is 1. The van der Waals surface area contributed by atoms with Crippen molar-refractivity contribution in [1.82, 2.24) is 24.7 Å². The molecule has 7 nitrogen and oxygen atoms in total. The Kier molecular flexibility index (Phi) is 8.70. The number of aliphatic hydroxyl groups excluding tert-OH is 1. The van der Waals surface area contributed by atoms with Crippen LogP contribution in [0.15, 0.2) is 73.1 Å². The van der Waals surface area contributed by atoms with Crippen LogP contribution in [0.3, 0.4) is 0 Å². The molecule has 3 atom stereocenters. The topological polar surface area (TPSA) is 72.8 Å². The Morgan fingerprint density at radius 3 is 2.54 bits per heavy atom. The van der Waals surface area contributed by atoms with Crippen LogP contribution >= 0.6 is 0 Å². The molecule has 0 spiro atoms. The van der Waals surface area contributed by atoms with Crippen LogP contribution in [0.1, 0.15) is 36.2 Å². The van der Waals surface area contributed by atoms with Crippen molar-refractivity contribution in [3.8, 4) is 0 Å². The molecule has 1 aromatic heterocycles. The van der Waals surface area contributed by atoms with E-state index < -0.39 is 30.5 Å². The molecular weight excluding hydrogens is 531 g/mol. The predicted octanol–water partition coefficient (Wildman–Crippen LogP) is 4.79. The van der Waals surface area contributed by atoms with Gasteiger partial charge in [0, 0.05) is 50.2 Å². The minimum Gasteiger partial charge on any atom is -0.393 e. The first-order chi connectivity index (χ1) is 19.9. The highest BCUT2D eigenvalue weighted by molar-refractivity contribution is 5.83. The van der Waals surface area contributed by atoms with E-state index in [-0.39, 0.29) is 30.2 Å². The number of amides is 2. The number of hydrogen-bond acceptors (Lipinski definition) is 5. The quantitative estimate of drug-likeness (QED) is 0.446. The molecule has 1 fully saturated rings. The fourth-order valence-corrected chi connectivity index (χ4v) is 5.98. The van der Waals surface area contributed by atoms with Crippen molar-refractivity contribution < 1.29 is 23.1 Å². The molecule has 1 saturated heterocycles. The smallest absolute Gasteiger partial charge is 0.321 e. The zero-order valence-electron chi connectivity index (χ0n) is 23.0. The van der Waals surface area contributed by atoms with E-state index in [0.717, 1.165) is 18.2 Å². The fraction of sp³-hybridized carbons (Fsp3) is 0.387. The SMILES string of the molecule is CN(C(=O)N1CC(c2cc(F)ccc2F)=C[C@@]1(CO)c1ccccc1)C1CCC(CF)N(Cc2ncccn2)CC1. The summed E-state index contributed by atoms with van der Waals surface area (Å²) in [6.45, 7) is -0.0127. The number of alkyl halides is 1. The lowest BCUT2D eigenvalue weighted by atomic mass is 9.89. The Hall–Kier alpha value is -3.76. The molecule has 2 amide bonds. The Bertz CT molecular complexity index is 1380. The molecule has 3 aromatic rings. The second-order valence-corrected chi connectivity index (χ2v) is 10.7. The maximum absolute atomic E-state index is 14.8. The minimum atomic E-state index is -1.27. The third-order valence-corrected chi connectivity index (χ3v) is 8.33. The van der Waals surface area contributed by atoms with Crippen molar-refractivity contribution in [1.29, 1.82) is 0 Å². The van der Waals surface area contributed by atoms with Crippen molar-refractivity contribution in [3.63, 3.8) is 0 Å². The molecule has 2 aliphatic heterocycles. The van der Waals surface area contributed by atoms with E-state index in [9.17, 15) is 23.1 Å². The number of nitrogens with zero attached hydrogens (tertiary/aromatic N) is 5. The number of urea groups is 1. The summed E-state index contributed by atoms with van der Waals surface area (Å²) in [6, 6.07) is 13.1. The molecule has 1 N–H and O–H groups in total. The highest BCUT2D eigenvalue weighted by Gasteiger charge is 2.46. The van der Waals surface area contributed by atoms with Crippen molar-refractivity contribution in [2.24, 2.45) is 0 Å². The molecule has 0 radical (unpaired) electrons. The van der Waals surface area contributed by atoms with Gasteiger partial charge in [0.15, 0.2) is 0 Å². The van der Waals surface area contributed by atoms with E-state index >= 15 is 0 Å². The maximum Gasteiger partial charge on any atom is 0.321 e. The van der Waals surface area contributed by atoms with E-state index in [1.165, 1.54) is 4.90 Å². The van der Waals surface area contributed by atoms with Gasteiger partial charge in [-0.3, -0.25) is 4.90 Å². The van der Waals surface area contributed by atoms with E-state index in [4.69, 9.17) is 0 Å². The third kappa shape index (κ3) is 5.85.